The number of carbonyl (C=O) groups is 2. The molecule has 0 amide bonds. The SMILES string of the molecule is CCCCCCCC/C=C\CCCCCCCC(=O)C1=C(O)COC1=O. The quantitative estimate of drug-likeness (QED) is 0.159. The number of rotatable bonds is 16. The summed E-state index contributed by atoms with van der Waals surface area (Å²) >= 11 is 0. The van der Waals surface area contributed by atoms with Crippen LogP contribution in [0.5, 0.6) is 0 Å². The molecule has 0 atom stereocenters. The third kappa shape index (κ3) is 9.79. The van der Waals surface area contributed by atoms with Crippen LogP contribution in [0.15, 0.2) is 23.5 Å². The summed E-state index contributed by atoms with van der Waals surface area (Å²) in [6, 6.07) is 0. The Morgan fingerprint density at radius 3 is 2.00 bits per heavy atom. The molecule has 4 heteroatoms. The summed E-state index contributed by atoms with van der Waals surface area (Å²) < 4.78 is 4.64. The van der Waals surface area contributed by atoms with Gasteiger partial charge in [0.1, 0.15) is 17.9 Å². The van der Waals surface area contributed by atoms with Crippen molar-refractivity contribution in [2.24, 2.45) is 0 Å². The first-order valence-corrected chi connectivity index (χ1v) is 10.4. The lowest BCUT2D eigenvalue weighted by Crippen LogP contribution is -2.10. The predicted molar refractivity (Wildman–Crippen MR) is 105 cm³/mol. The normalized spacial score (nSPS) is 14.4. The van der Waals surface area contributed by atoms with E-state index in [1.54, 1.807) is 0 Å². The van der Waals surface area contributed by atoms with Gasteiger partial charge in [0.05, 0.1) is 0 Å². The first kappa shape index (κ1) is 22.5. The third-order valence-electron chi connectivity index (χ3n) is 4.78. The zero-order valence-electron chi connectivity index (χ0n) is 16.4. The number of unbranched alkanes of at least 4 members (excludes halogenated alkanes) is 11. The van der Waals surface area contributed by atoms with Crippen LogP contribution >= 0.6 is 0 Å². The fourth-order valence-electron chi connectivity index (χ4n) is 3.15. The summed E-state index contributed by atoms with van der Waals surface area (Å²) in [7, 11) is 0. The van der Waals surface area contributed by atoms with Gasteiger partial charge in [-0.25, -0.2) is 4.79 Å². The van der Waals surface area contributed by atoms with Crippen molar-refractivity contribution in [3.63, 3.8) is 0 Å². The second kappa shape index (κ2) is 14.6. The van der Waals surface area contributed by atoms with Gasteiger partial charge in [0.15, 0.2) is 5.78 Å². The van der Waals surface area contributed by atoms with Crippen LogP contribution in [-0.4, -0.2) is 23.5 Å². The van der Waals surface area contributed by atoms with E-state index in [-0.39, 0.29) is 23.7 Å². The molecule has 0 fully saturated rings. The van der Waals surface area contributed by atoms with Crippen LogP contribution in [0.4, 0.5) is 0 Å². The average molecular weight is 365 g/mol. The molecule has 1 N–H and O–H groups in total. The van der Waals surface area contributed by atoms with Crippen LogP contribution < -0.4 is 0 Å². The number of allylic oxidation sites excluding steroid dienone is 2. The Hall–Kier alpha value is -1.58. The van der Waals surface area contributed by atoms with Crippen LogP contribution in [-0.2, 0) is 14.3 Å². The molecule has 0 spiro atoms. The summed E-state index contributed by atoms with van der Waals surface area (Å²) in [6.45, 7) is 2.09. The molecule has 1 aliphatic heterocycles. The Kier molecular flexibility index (Phi) is 12.6. The van der Waals surface area contributed by atoms with Gasteiger partial charge in [-0.05, 0) is 32.1 Å². The monoisotopic (exact) mass is 364 g/mol. The van der Waals surface area contributed by atoms with E-state index in [0.29, 0.717) is 6.42 Å². The van der Waals surface area contributed by atoms with E-state index in [0.717, 1.165) is 25.7 Å². The molecule has 0 bridgehead atoms. The Balaban J connectivity index is 1.89. The van der Waals surface area contributed by atoms with E-state index < -0.39 is 5.97 Å². The molecule has 1 aliphatic rings. The zero-order valence-corrected chi connectivity index (χ0v) is 16.4. The smallest absolute Gasteiger partial charge is 0.345 e. The van der Waals surface area contributed by atoms with E-state index in [4.69, 9.17) is 0 Å². The van der Waals surface area contributed by atoms with Crippen LogP contribution in [0.1, 0.15) is 96.8 Å². The van der Waals surface area contributed by atoms with Crippen molar-refractivity contribution in [3.8, 4) is 0 Å². The molecule has 0 aromatic heterocycles. The molecule has 0 aliphatic carbocycles. The van der Waals surface area contributed by atoms with Crippen molar-refractivity contribution in [1.29, 1.82) is 0 Å². The zero-order chi connectivity index (χ0) is 19.0. The number of Topliss-reactive ketones (excluding diaryl/α,β-unsaturated/α-hetero) is 1. The number of carbonyl (C=O) groups excluding carboxylic acids is 2. The third-order valence-corrected chi connectivity index (χ3v) is 4.78. The highest BCUT2D eigenvalue weighted by Crippen LogP contribution is 2.18. The summed E-state index contributed by atoms with van der Waals surface area (Å²) in [5.41, 5.74) is -0.138. The molecule has 0 aromatic carbocycles. The fraction of sp³-hybridized carbons (Fsp3) is 0.727. The Morgan fingerprint density at radius 2 is 1.46 bits per heavy atom. The minimum absolute atomic E-state index is 0.138. The molecule has 0 unspecified atom stereocenters. The molecule has 148 valence electrons. The Bertz CT molecular complexity index is 477. The van der Waals surface area contributed by atoms with Gasteiger partial charge < -0.3 is 9.84 Å². The molecule has 1 rings (SSSR count). The summed E-state index contributed by atoms with van der Waals surface area (Å²) in [4.78, 5) is 23.2. The minimum atomic E-state index is -0.680. The Morgan fingerprint density at radius 1 is 0.923 bits per heavy atom. The van der Waals surface area contributed by atoms with E-state index >= 15 is 0 Å². The molecule has 26 heavy (non-hydrogen) atoms. The van der Waals surface area contributed by atoms with Crippen molar-refractivity contribution in [2.75, 3.05) is 6.61 Å². The van der Waals surface area contributed by atoms with Crippen LogP contribution in [0.2, 0.25) is 0 Å². The first-order valence-electron chi connectivity index (χ1n) is 10.4. The highest BCUT2D eigenvalue weighted by molar-refractivity contribution is 6.18. The lowest BCUT2D eigenvalue weighted by Gasteiger charge is -2.01. The van der Waals surface area contributed by atoms with Gasteiger partial charge in [-0.2, -0.15) is 0 Å². The maximum atomic E-state index is 11.9. The van der Waals surface area contributed by atoms with Gasteiger partial charge in [-0.1, -0.05) is 70.4 Å². The summed E-state index contributed by atoms with van der Waals surface area (Å²) in [6.07, 6.45) is 20.6. The van der Waals surface area contributed by atoms with Gasteiger partial charge in [-0.3, -0.25) is 4.79 Å². The van der Waals surface area contributed by atoms with E-state index in [1.807, 2.05) is 0 Å². The van der Waals surface area contributed by atoms with Crippen molar-refractivity contribution >= 4 is 11.8 Å². The number of aliphatic hydroxyl groups is 1. The number of cyclic esters (lactones) is 1. The molecule has 0 aromatic rings. The topological polar surface area (TPSA) is 63.6 Å². The van der Waals surface area contributed by atoms with Crippen LogP contribution in [0.25, 0.3) is 0 Å². The van der Waals surface area contributed by atoms with Gasteiger partial charge in [0.25, 0.3) is 0 Å². The van der Waals surface area contributed by atoms with Crippen molar-refractivity contribution in [1.82, 2.24) is 0 Å². The van der Waals surface area contributed by atoms with Crippen LogP contribution in [0, 0.1) is 0 Å². The van der Waals surface area contributed by atoms with Gasteiger partial charge in [0, 0.05) is 6.42 Å². The lowest BCUT2D eigenvalue weighted by atomic mass is 10.0. The number of ether oxygens (including phenoxy) is 1. The van der Waals surface area contributed by atoms with Gasteiger partial charge in [-0.15, -0.1) is 0 Å². The van der Waals surface area contributed by atoms with Gasteiger partial charge in [0.2, 0.25) is 0 Å². The molecule has 1 heterocycles. The summed E-state index contributed by atoms with van der Waals surface area (Å²) in [5, 5.41) is 9.46. The summed E-state index contributed by atoms with van der Waals surface area (Å²) in [5.74, 6) is -1.18. The standard InChI is InChI=1S/C22H36O4/c1-2-3-4-5-6-7-8-9-10-11-12-13-14-15-16-17-19(23)21-20(24)18-26-22(21)25/h9-10,24H,2-8,11-18H2,1H3/b10-9-. The first-order chi connectivity index (χ1) is 12.7. The Labute approximate surface area is 158 Å². The van der Waals surface area contributed by atoms with E-state index in [9.17, 15) is 14.7 Å². The maximum Gasteiger partial charge on any atom is 0.345 e. The highest BCUT2D eigenvalue weighted by Gasteiger charge is 2.29. The van der Waals surface area contributed by atoms with Crippen molar-refractivity contribution < 1.29 is 19.4 Å². The van der Waals surface area contributed by atoms with E-state index in [1.165, 1.54) is 57.8 Å². The van der Waals surface area contributed by atoms with Gasteiger partial charge >= 0.3 is 5.97 Å². The maximum absolute atomic E-state index is 11.9. The number of aliphatic hydroxyl groups excluding tert-OH is 1. The largest absolute Gasteiger partial charge is 0.508 e. The number of hydrogen-bond donors (Lipinski definition) is 1. The number of ketones is 1. The molecular formula is C22H36O4. The van der Waals surface area contributed by atoms with E-state index in [2.05, 4.69) is 23.8 Å². The minimum Gasteiger partial charge on any atom is -0.508 e. The highest BCUT2D eigenvalue weighted by atomic mass is 16.5. The fourth-order valence-corrected chi connectivity index (χ4v) is 3.15. The number of esters is 1. The number of hydrogen-bond acceptors (Lipinski definition) is 4. The predicted octanol–water partition coefficient (Wildman–Crippen LogP) is 5.96. The molecular weight excluding hydrogens is 328 g/mol. The second-order valence-electron chi connectivity index (χ2n) is 7.16. The van der Waals surface area contributed by atoms with Crippen LogP contribution in [0.3, 0.4) is 0 Å². The molecule has 0 radical (unpaired) electrons. The second-order valence-corrected chi connectivity index (χ2v) is 7.16. The molecule has 0 saturated heterocycles. The van der Waals surface area contributed by atoms with Crippen molar-refractivity contribution in [2.45, 2.75) is 96.8 Å². The molecule has 0 saturated carbocycles. The lowest BCUT2D eigenvalue weighted by molar-refractivity contribution is -0.137. The average Bonchev–Trinajstić information content (AvgIpc) is 2.96. The van der Waals surface area contributed by atoms with Crippen molar-refractivity contribution in [3.05, 3.63) is 23.5 Å². The molecule has 4 nitrogen and oxygen atoms in total.